The minimum atomic E-state index is -0.910. The molecule has 1 heterocycles. The van der Waals surface area contributed by atoms with E-state index in [9.17, 15) is 9.90 Å². The van der Waals surface area contributed by atoms with Crippen molar-refractivity contribution in [3.05, 3.63) is 142 Å². The normalized spacial score (nSPS) is 19.4. The number of likely N-dealkylation sites (tertiary alicyclic amines) is 1. The van der Waals surface area contributed by atoms with E-state index in [0.29, 0.717) is 6.54 Å². The van der Waals surface area contributed by atoms with Crippen LogP contribution in [0.15, 0.2) is 120 Å². The summed E-state index contributed by atoms with van der Waals surface area (Å²) in [4.78, 5) is 14.8. The number of aliphatic hydroxyl groups is 1. The Hall–Kier alpha value is -3.45. The summed E-state index contributed by atoms with van der Waals surface area (Å²) in [6.45, 7) is 6.42. The molecule has 0 spiro atoms. The minimum Gasteiger partial charge on any atom is -0.444 e. The first-order valence-electron chi connectivity index (χ1n) is 14.4. The summed E-state index contributed by atoms with van der Waals surface area (Å²) in [5.74, 6) is -0.449. The number of aliphatic hydroxyl groups excluding tert-OH is 1. The molecule has 4 aromatic carbocycles. The number of β-amino-alcohol motifs (C(OH)–C–C–N with tert-alkyl or cyclic N) is 1. The van der Waals surface area contributed by atoms with Crippen molar-refractivity contribution in [3.8, 4) is 0 Å². The lowest BCUT2D eigenvalue weighted by atomic mass is 9.77. The summed E-state index contributed by atoms with van der Waals surface area (Å²) in [7, 11) is 0. The van der Waals surface area contributed by atoms with E-state index in [1.54, 1.807) is 4.90 Å². The number of hydrogen-bond acceptors (Lipinski definition) is 4. The highest BCUT2D eigenvalue weighted by molar-refractivity contribution is 9.10. The van der Waals surface area contributed by atoms with Gasteiger partial charge in [0, 0.05) is 22.9 Å². The van der Waals surface area contributed by atoms with E-state index < -0.39 is 23.4 Å². The minimum absolute atomic E-state index is 0.188. The molecule has 0 bridgehead atoms. The molecule has 1 saturated heterocycles. The third kappa shape index (κ3) is 6.62. The fraction of sp³-hybridized carbons (Fsp3) is 0.306. The molecule has 0 aliphatic carbocycles. The molecule has 3 atom stereocenters. The maximum absolute atomic E-state index is 13.2. The lowest BCUT2D eigenvalue weighted by Gasteiger charge is -2.44. The molecule has 1 amide bonds. The molecule has 4 aromatic rings. The molecule has 1 fully saturated rings. The zero-order valence-corrected chi connectivity index (χ0v) is 25.9. The van der Waals surface area contributed by atoms with Gasteiger partial charge in [-0.15, -0.1) is 0 Å². The number of amides is 1. The van der Waals surface area contributed by atoms with Gasteiger partial charge in [0.1, 0.15) is 11.2 Å². The highest BCUT2D eigenvalue weighted by Crippen LogP contribution is 2.43. The first-order valence-corrected chi connectivity index (χ1v) is 15.2. The number of piperidine rings is 1. The van der Waals surface area contributed by atoms with Crippen molar-refractivity contribution in [2.45, 2.75) is 44.0 Å². The smallest absolute Gasteiger partial charge is 0.410 e. The molecule has 1 N–H and O–H groups in total. The molecule has 1 aliphatic rings. The van der Waals surface area contributed by atoms with Gasteiger partial charge in [0.15, 0.2) is 0 Å². The average molecular weight is 629 g/mol. The van der Waals surface area contributed by atoms with Crippen LogP contribution in [0.1, 0.15) is 48.9 Å². The second-order valence-electron chi connectivity index (χ2n) is 11.9. The van der Waals surface area contributed by atoms with Crippen LogP contribution in [0.25, 0.3) is 0 Å². The fourth-order valence-electron chi connectivity index (χ4n) is 5.94. The topological polar surface area (TPSA) is 59.0 Å². The quantitative estimate of drug-likeness (QED) is 0.213. The van der Waals surface area contributed by atoms with E-state index in [4.69, 9.17) is 9.47 Å². The molecule has 0 saturated carbocycles. The summed E-state index contributed by atoms with van der Waals surface area (Å²) < 4.78 is 13.9. The van der Waals surface area contributed by atoms with Gasteiger partial charge in [-0.25, -0.2) is 4.79 Å². The second-order valence-corrected chi connectivity index (χ2v) is 12.8. The monoisotopic (exact) mass is 627 g/mol. The van der Waals surface area contributed by atoms with Gasteiger partial charge >= 0.3 is 6.09 Å². The summed E-state index contributed by atoms with van der Waals surface area (Å²) in [5, 5.41) is 11.5. The van der Waals surface area contributed by atoms with Gasteiger partial charge in [-0.05, 0) is 55.2 Å². The van der Waals surface area contributed by atoms with E-state index in [1.807, 2.05) is 99.6 Å². The molecule has 218 valence electrons. The van der Waals surface area contributed by atoms with Crippen molar-refractivity contribution < 1.29 is 19.4 Å². The van der Waals surface area contributed by atoms with Crippen LogP contribution in [-0.2, 0) is 15.1 Å². The van der Waals surface area contributed by atoms with Crippen LogP contribution >= 0.6 is 15.9 Å². The third-order valence-corrected chi connectivity index (χ3v) is 8.27. The van der Waals surface area contributed by atoms with Crippen molar-refractivity contribution >= 4 is 22.0 Å². The van der Waals surface area contributed by atoms with Crippen LogP contribution in [0.3, 0.4) is 0 Å². The van der Waals surface area contributed by atoms with Crippen LogP contribution in [0, 0.1) is 5.92 Å². The molecular formula is C36H38BrNO4. The van der Waals surface area contributed by atoms with Crippen LogP contribution in [0.5, 0.6) is 0 Å². The number of carbonyl (C=O) groups is 1. The number of rotatable bonds is 7. The first-order chi connectivity index (χ1) is 20.2. The van der Waals surface area contributed by atoms with Gasteiger partial charge < -0.3 is 19.5 Å². The molecule has 5 rings (SSSR count). The van der Waals surface area contributed by atoms with Gasteiger partial charge in [-0.2, -0.15) is 0 Å². The summed E-state index contributed by atoms with van der Waals surface area (Å²) >= 11 is 3.53. The Bertz CT molecular complexity index is 1340. The Labute approximate surface area is 257 Å². The largest absolute Gasteiger partial charge is 0.444 e. The van der Waals surface area contributed by atoms with Gasteiger partial charge in [0.2, 0.25) is 0 Å². The highest BCUT2D eigenvalue weighted by Gasteiger charge is 2.43. The molecular weight excluding hydrogens is 590 g/mol. The molecule has 0 aromatic heterocycles. The van der Waals surface area contributed by atoms with E-state index in [2.05, 4.69) is 52.3 Å². The molecule has 3 unspecified atom stereocenters. The Morgan fingerprint density at radius 2 is 1.26 bits per heavy atom. The number of halogens is 1. The maximum atomic E-state index is 13.2. The predicted molar refractivity (Wildman–Crippen MR) is 169 cm³/mol. The summed E-state index contributed by atoms with van der Waals surface area (Å²) in [5.41, 5.74) is 2.47. The highest BCUT2D eigenvalue weighted by atomic mass is 79.9. The van der Waals surface area contributed by atoms with E-state index >= 15 is 0 Å². The molecule has 6 heteroatoms. The van der Waals surface area contributed by atoms with Crippen LogP contribution in [0.2, 0.25) is 0 Å². The number of ether oxygens (including phenoxy) is 2. The fourth-order valence-corrected chi connectivity index (χ4v) is 6.20. The standard InChI is InChI=1S/C36H38BrNO4/c1-35(2,3)42-34(40)38-23-27(33(32(39)24-38)26-19-21-31(37)22-20-26)25-41-36(28-13-7-4-8-14-28,29-15-9-5-10-16-29)30-17-11-6-12-18-30/h4-22,27,32-33,39H,23-25H2,1-3H3. The molecule has 42 heavy (non-hydrogen) atoms. The SMILES string of the molecule is CC(C)(C)OC(=O)N1CC(O)C(c2ccc(Br)cc2)C(COC(c2ccccc2)(c2ccccc2)c2ccccc2)C1. The van der Waals surface area contributed by atoms with Crippen molar-refractivity contribution in [2.24, 2.45) is 5.92 Å². The zero-order valence-electron chi connectivity index (χ0n) is 24.3. The lowest BCUT2D eigenvalue weighted by Crippen LogP contribution is -2.53. The number of nitrogens with zero attached hydrogens (tertiary/aromatic N) is 1. The first kappa shape index (κ1) is 30.0. The Balaban J connectivity index is 1.57. The van der Waals surface area contributed by atoms with Crippen molar-refractivity contribution in [3.63, 3.8) is 0 Å². The van der Waals surface area contributed by atoms with Crippen LogP contribution in [0.4, 0.5) is 4.79 Å². The van der Waals surface area contributed by atoms with Crippen LogP contribution < -0.4 is 0 Å². The second kappa shape index (κ2) is 12.8. The predicted octanol–water partition coefficient (Wildman–Crippen LogP) is 7.77. The van der Waals surface area contributed by atoms with Gasteiger partial charge in [-0.3, -0.25) is 0 Å². The van der Waals surface area contributed by atoms with Crippen molar-refractivity contribution in [1.82, 2.24) is 4.90 Å². The summed E-state index contributed by atoms with van der Waals surface area (Å²) in [6, 6.07) is 38.8. The maximum Gasteiger partial charge on any atom is 0.410 e. The Morgan fingerprint density at radius 1 is 0.786 bits per heavy atom. The molecule has 0 radical (unpaired) electrons. The van der Waals surface area contributed by atoms with E-state index in [1.165, 1.54) is 0 Å². The zero-order chi connectivity index (χ0) is 29.7. The van der Waals surface area contributed by atoms with Gasteiger partial charge in [0.05, 0.1) is 19.3 Å². The summed E-state index contributed by atoms with van der Waals surface area (Å²) in [6.07, 6.45) is -1.22. The molecule has 1 aliphatic heterocycles. The Kier molecular flexibility index (Phi) is 9.16. The number of benzene rings is 4. The third-order valence-electron chi connectivity index (χ3n) is 7.75. The number of hydrogen-bond donors (Lipinski definition) is 1. The van der Waals surface area contributed by atoms with Crippen molar-refractivity contribution in [1.29, 1.82) is 0 Å². The average Bonchev–Trinajstić information content (AvgIpc) is 2.99. The number of carbonyl (C=O) groups excluding carboxylic acids is 1. The lowest BCUT2D eigenvalue weighted by molar-refractivity contribution is -0.0596. The van der Waals surface area contributed by atoms with Gasteiger partial charge in [0.25, 0.3) is 0 Å². The van der Waals surface area contributed by atoms with E-state index in [0.717, 1.165) is 26.7 Å². The van der Waals surface area contributed by atoms with Gasteiger partial charge in [-0.1, -0.05) is 119 Å². The van der Waals surface area contributed by atoms with Crippen molar-refractivity contribution in [2.75, 3.05) is 19.7 Å². The van der Waals surface area contributed by atoms with E-state index in [-0.39, 0.29) is 25.0 Å². The Morgan fingerprint density at radius 3 is 1.71 bits per heavy atom. The molecule has 5 nitrogen and oxygen atoms in total. The van der Waals surface area contributed by atoms with Crippen LogP contribution in [-0.4, -0.2) is 47.5 Å².